The van der Waals surface area contributed by atoms with Crippen LogP contribution < -0.4 is 10.6 Å². The van der Waals surface area contributed by atoms with Gasteiger partial charge in [0, 0.05) is 56.2 Å². The van der Waals surface area contributed by atoms with E-state index in [0.717, 1.165) is 25.7 Å². The molecule has 5 nitrogen and oxygen atoms in total. The minimum Gasteiger partial charge on any atom is -0.377 e. The van der Waals surface area contributed by atoms with Crippen LogP contribution in [0.4, 0.5) is 0 Å². The highest BCUT2D eigenvalue weighted by Gasteiger charge is 2.65. The number of likely N-dealkylation sites (tertiary alicyclic amines) is 1. The fourth-order valence-electron chi connectivity index (χ4n) is 6.79. The molecule has 4 fully saturated rings. The van der Waals surface area contributed by atoms with Crippen molar-refractivity contribution < 1.29 is 4.74 Å². The van der Waals surface area contributed by atoms with E-state index in [0.29, 0.717) is 35.6 Å². The summed E-state index contributed by atoms with van der Waals surface area (Å²) in [6, 6.07) is 12.4. The lowest BCUT2D eigenvalue weighted by Gasteiger charge is -2.57. The summed E-state index contributed by atoms with van der Waals surface area (Å²) in [7, 11) is 1.92. The van der Waals surface area contributed by atoms with Crippen molar-refractivity contribution in [1.82, 2.24) is 15.5 Å². The van der Waals surface area contributed by atoms with Crippen LogP contribution in [0.25, 0.3) is 0 Å². The molecule has 1 aromatic rings. The topological polar surface area (TPSA) is 48.9 Å². The monoisotopic (exact) mass is 538 g/mol. The van der Waals surface area contributed by atoms with Crippen LogP contribution in [0, 0.1) is 11.3 Å². The number of nitrogens with zero attached hydrogens (tertiary/aromatic N) is 2. The third kappa shape index (κ3) is 4.36. The molecule has 2 saturated heterocycles. The third-order valence-corrected chi connectivity index (χ3v) is 8.50. The first-order valence-corrected chi connectivity index (χ1v) is 12.1. The normalized spacial score (nSPS) is 31.5. The zero-order chi connectivity index (χ0) is 20.6. The van der Waals surface area contributed by atoms with Gasteiger partial charge in [0.2, 0.25) is 0 Å². The molecular weight excluding hydrogens is 499 g/mol. The number of hydrogen-bond donors (Lipinski definition) is 2. The van der Waals surface area contributed by atoms with Gasteiger partial charge in [-0.25, -0.2) is 0 Å². The Morgan fingerprint density at radius 2 is 1.81 bits per heavy atom. The Hall–Kier alpha value is -0.860. The number of ether oxygens (including phenoxy) is 1. The quantitative estimate of drug-likeness (QED) is 0.340. The molecular formula is C25H39IN4O. The zero-order valence-electron chi connectivity index (χ0n) is 19.1. The first-order chi connectivity index (χ1) is 14.7. The van der Waals surface area contributed by atoms with Gasteiger partial charge in [0.15, 0.2) is 5.96 Å². The second-order valence-corrected chi connectivity index (χ2v) is 9.92. The standard InChI is InChI=1S/C25H38N4O.HI/c1-18(19-8-4-3-5-9-19)29-15-10-20(11-16-29)27-24(26-2)28-22-21-12-17-30-23(21)25(22)13-6-7-14-25;/h3-5,8-9,18,20-23H,6-7,10-17H2,1-2H3,(H2,26,27,28);1H. The van der Waals surface area contributed by atoms with Crippen LogP contribution in [-0.4, -0.2) is 55.8 Å². The molecule has 1 aromatic carbocycles. The van der Waals surface area contributed by atoms with Gasteiger partial charge in [-0.1, -0.05) is 43.2 Å². The summed E-state index contributed by atoms with van der Waals surface area (Å²) in [5.74, 6) is 1.68. The second-order valence-electron chi connectivity index (χ2n) is 9.92. The van der Waals surface area contributed by atoms with Gasteiger partial charge in [-0.05, 0) is 44.6 Å². The number of fused-ring (bicyclic) bond motifs is 2. The average molecular weight is 539 g/mol. The lowest BCUT2D eigenvalue weighted by Crippen LogP contribution is -2.69. The van der Waals surface area contributed by atoms with E-state index in [2.05, 4.69) is 57.8 Å². The number of halogens is 1. The lowest BCUT2D eigenvalue weighted by atomic mass is 9.54. The van der Waals surface area contributed by atoms with Gasteiger partial charge in [-0.3, -0.25) is 9.89 Å². The van der Waals surface area contributed by atoms with E-state index in [1.165, 1.54) is 50.5 Å². The molecule has 31 heavy (non-hydrogen) atoms. The maximum Gasteiger partial charge on any atom is 0.191 e. The van der Waals surface area contributed by atoms with E-state index < -0.39 is 0 Å². The molecule has 2 saturated carbocycles. The number of nitrogens with one attached hydrogen (secondary N) is 2. The van der Waals surface area contributed by atoms with Crippen LogP contribution in [0.2, 0.25) is 0 Å². The Balaban J connectivity index is 0.00000231. The molecule has 1 spiro atoms. The average Bonchev–Trinajstić information content (AvgIpc) is 3.46. The predicted octanol–water partition coefficient (Wildman–Crippen LogP) is 4.34. The van der Waals surface area contributed by atoms with E-state index in [9.17, 15) is 0 Å². The highest BCUT2D eigenvalue weighted by molar-refractivity contribution is 14.0. The van der Waals surface area contributed by atoms with Gasteiger partial charge in [-0.15, -0.1) is 24.0 Å². The smallest absolute Gasteiger partial charge is 0.191 e. The molecule has 6 heteroatoms. The summed E-state index contributed by atoms with van der Waals surface area (Å²) in [6.45, 7) is 5.55. The number of rotatable bonds is 4. The molecule has 2 aliphatic carbocycles. The molecule has 5 rings (SSSR count). The molecule has 0 bridgehead atoms. The SMILES string of the molecule is CN=C(NC1CCN(C(C)c2ccccc2)CC1)NC1C2CCOC2C12CCCC2.I. The largest absolute Gasteiger partial charge is 0.377 e. The van der Waals surface area contributed by atoms with Crippen molar-refractivity contribution in [3.05, 3.63) is 35.9 Å². The van der Waals surface area contributed by atoms with E-state index in [4.69, 9.17) is 4.74 Å². The maximum atomic E-state index is 6.15. The van der Waals surface area contributed by atoms with Gasteiger partial charge in [0.25, 0.3) is 0 Å². The van der Waals surface area contributed by atoms with E-state index >= 15 is 0 Å². The van der Waals surface area contributed by atoms with E-state index in [1.54, 1.807) is 0 Å². The predicted molar refractivity (Wildman–Crippen MR) is 137 cm³/mol. The fraction of sp³-hybridized carbons (Fsp3) is 0.720. The van der Waals surface area contributed by atoms with Crippen molar-refractivity contribution in [2.75, 3.05) is 26.7 Å². The molecule has 172 valence electrons. The zero-order valence-corrected chi connectivity index (χ0v) is 21.4. The Morgan fingerprint density at radius 3 is 2.48 bits per heavy atom. The summed E-state index contributed by atoms with van der Waals surface area (Å²) in [6.07, 6.45) is 9.39. The molecule has 4 aliphatic rings. The van der Waals surface area contributed by atoms with Gasteiger partial charge in [-0.2, -0.15) is 0 Å². The Labute approximate surface area is 204 Å². The van der Waals surface area contributed by atoms with Gasteiger partial charge in [0.05, 0.1) is 6.10 Å². The molecule has 2 heterocycles. The Morgan fingerprint density at radius 1 is 1.10 bits per heavy atom. The van der Waals surface area contributed by atoms with Crippen LogP contribution >= 0.6 is 24.0 Å². The summed E-state index contributed by atoms with van der Waals surface area (Å²) in [5, 5.41) is 7.62. The highest BCUT2D eigenvalue weighted by Crippen LogP contribution is 2.60. The van der Waals surface area contributed by atoms with E-state index in [1.807, 2.05) is 7.05 Å². The summed E-state index contributed by atoms with van der Waals surface area (Å²) >= 11 is 0. The molecule has 0 radical (unpaired) electrons. The van der Waals surface area contributed by atoms with Gasteiger partial charge < -0.3 is 15.4 Å². The van der Waals surface area contributed by atoms with Crippen LogP contribution in [-0.2, 0) is 4.74 Å². The third-order valence-electron chi connectivity index (χ3n) is 8.50. The number of benzene rings is 1. The maximum absolute atomic E-state index is 6.15. The van der Waals surface area contributed by atoms with Crippen LogP contribution in [0.1, 0.15) is 63.5 Å². The highest BCUT2D eigenvalue weighted by atomic mass is 127. The van der Waals surface area contributed by atoms with Crippen LogP contribution in [0.5, 0.6) is 0 Å². The molecule has 0 aromatic heterocycles. The van der Waals surface area contributed by atoms with Crippen molar-refractivity contribution in [2.24, 2.45) is 16.3 Å². The minimum atomic E-state index is 0. The van der Waals surface area contributed by atoms with Crippen molar-refractivity contribution in [3.63, 3.8) is 0 Å². The summed E-state index contributed by atoms with van der Waals surface area (Å²) < 4.78 is 6.15. The fourth-order valence-corrected chi connectivity index (χ4v) is 6.79. The number of aliphatic imine (C=N–C) groups is 1. The van der Waals surface area contributed by atoms with Gasteiger partial charge in [0.1, 0.15) is 0 Å². The molecule has 4 unspecified atom stereocenters. The van der Waals surface area contributed by atoms with E-state index in [-0.39, 0.29) is 24.0 Å². The van der Waals surface area contributed by atoms with Crippen LogP contribution in [0.3, 0.4) is 0 Å². The molecule has 2 aliphatic heterocycles. The number of hydrogen-bond acceptors (Lipinski definition) is 3. The van der Waals surface area contributed by atoms with Gasteiger partial charge >= 0.3 is 0 Å². The van der Waals surface area contributed by atoms with Crippen molar-refractivity contribution >= 4 is 29.9 Å². The molecule has 0 amide bonds. The molecule has 2 N–H and O–H groups in total. The molecule has 4 atom stereocenters. The van der Waals surface area contributed by atoms with Crippen LogP contribution in [0.15, 0.2) is 35.3 Å². The van der Waals surface area contributed by atoms with Crippen molar-refractivity contribution in [2.45, 2.75) is 76.1 Å². The summed E-state index contributed by atoms with van der Waals surface area (Å²) in [5.41, 5.74) is 1.79. The minimum absolute atomic E-state index is 0. The number of guanidine groups is 1. The first kappa shape index (κ1) is 23.3. The van der Waals surface area contributed by atoms with Crippen molar-refractivity contribution in [1.29, 1.82) is 0 Å². The summed E-state index contributed by atoms with van der Waals surface area (Å²) in [4.78, 5) is 7.23. The second kappa shape index (κ2) is 9.96. The Kier molecular flexibility index (Phi) is 7.48. The number of piperidine rings is 1. The lowest BCUT2D eigenvalue weighted by molar-refractivity contribution is -0.125. The Bertz CT molecular complexity index is 743. The first-order valence-electron chi connectivity index (χ1n) is 12.1. The van der Waals surface area contributed by atoms with Crippen molar-refractivity contribution in [3.8, 4) is 0 Å².